The number of nitrogens with zero attached hydrogens (tertiary/aromatic N) is 2. The lowest BCUT2D eigenvalue weighted by atomic mass is 9.93. The SMILES string of the molecule is COC(=O)c1cccc(-n2nc(C3CC3)c3c2CCCC3=O)c1. The summed E-state index contributed by atoms with van der Waals surface area (Å²) in [5.74, 6) is 0.269. The Morgan fingerprint density at radius 2 is 2.13 bits per heavy atom. The number of ketones is 1. The van der Waals surface area contributed by atoms with Crippen molar-refractivity contribution in [3.63, 3.8) is 0 Å². The number of aromatic nitrogens is 2. The maximum absolute atomic E-state index is 12.4. The summed E-state index contributed by atoms with van der Waals surface area (Å²) in [5, 5.41) is 4.74. The van der Waals surface area contributed by atoms with E-state index in [4.69, 9.17) is 9.84 Å². The van der Waals surface area contributed by atoms with Crippen molar-refractivity contribution in [3.05, 3.63) is 46.8 Å². The first-order chi connectivity index (χ1) is 11.2. The van der Waals surface area contributed by atoms with Crippen molar-refractivity contribution in [3.8, 4) is 5.69 Å². The van der Waals surface area contributed by atoms with Gasteiger partial charge in [-0.15, -0.1) is 0 Å². The van der Waals surface area contributed by atoms with Gasteiger partial charge < -0.3 is 4.74 Å². The van der Waals surface area contributed by atoms with E-state index in [1.54, 1.807) is 12.1 Å². The van der Waals surface area contributed by atoms with E-state index in [0.717, 1.165) is 48.3 Å². The average Bonchev–Trinajstić information content (AvgIpc) is 3.35. The number of carbonyl (C=O) groups is 2. The molecule has 5 nitrogen and oxygen atoms in total. The van der Waals surface area contributed by atoms with E-state index in [1.807, 2.05) is 16.8 Å². The zero-order chi connectivity index (χ0) is 16.0. The molecule has 1 aromatic heterocycles. The molecule has 2 aliphatic rings. The molecule has 0 bridgehead atoms. The predicted octanol–water partition coefficient (Wildman–Crippen LogP) is 3.06. The van der Waals surface area contributed by atoms with Crippen LogP contribution < -0.4 is 0 Å². The molecule has 0 aliphatic heterocycles. The summed E-state index contributed by atoms with van der Waals surface area (Å²) in [6.07, 6.45) is 4.54. The molecule has 0 spiro atoms. The maximum Gasteiger partial charge on any atom is 0.337 e. The van der Waals surface area contributed by atoms with Crippen molar-refractivity contribution in [1.29, 1.82) is 0 Å². The predicted molar refractivity (Wildman–Crippen MR) is 84.1 cm³/mol. The second kappa shape index (κ2) is 5.33. The number of Topliss-reactive ketones (excluding diaryl/α,β-unsaturated/α-hetero) is 1. The van der Waals surface area contributed by atoms with Crippen LogP contribution in [0.3, 0.4) is 0 Å². The second-order valence-electron chi connectivity index (χ2n) is 6.21. The molecule has 0 N–H and O–H groups in total. The van der Waals surface area contributed by atoms with Crippen LogP contribution in [0.15, 0.2) is 24.3 Å². The molecular weight excluding hydrogens is 292 g/mol. The molecule has 1 heterocycles. The molecule has 2 aliphatic carbocycles. The van der Waals surface area contributed by atoms with Crippen molar-refractivity contribution in [2.24, 2.45) is 0 Å². The van der Waals surface area contributed by atoms with Crippen LogP contribution in [0, 0.1) is 0 Å². The highest BCUT2D eigenvalue weighted by Crippen LogP contribution is 2.43. The minimum absolute atomic E-state index is 0.212. The number of ether oxygens (including phenoxy) is 1. The third kappa shape index (κ3) is 2.36. The fourth-order valence-electron chi connectivity index (χ4n) is 3.29. The number of esters is 1. The first-order valence-corrected chi connectivity index (χ1v) is 8.03. The van der Waals surface area contributed by atoms with E-state index in [2.05, 4.69) is 0 Å². The quantitative estimate of drug-likeness (QED) is 0.818. The number of benzene rings is 1. The summed E-state index contributed by atoms with van der Waals surface area (Å²) in [6, 6.07) is 7.22. The van der Waals surface area contributed by atoms with Gasteiger partial charge in [0.1, 0.15) is 0 Å². The molecule has 1 fully saturated rings. The standard InChI is InChI=1S/C18H18N2O3/c1-23-18(22)12-4-2-5-13(10-12)20-14-6-3-7-15(21)16(14)17(19-20)11-8-9-11/h2,4-5,10-11H,3,6-9H2,1H3. The molecule has 1 saturated carbocycles. The Kier molecular flexibility index (Phi) is 3.29. The number of hydrogen-bond donors (Lipinski definition) is 0. The number of carbonyl (C=O) groups excluding carboxylic acids is 2. The van der Waals surface area contributed by atoms with Crippen LogP contribution in [-0.2, 0) is 11.2 Å². The summed E-state index contributed by atoms with van der Waals surface area (Å²) >= 11 is 0. The molecule has 0 atom stereocenters. The Balaban J connectivity index is 1.85. The summed E-state index contributed by atoms with van der Waals surface area (Å²) in [5.41, 5.74) is 4.08. The maximum atomic E-state index is 12.4. The van der Waals surface area contributed by atoms with Gasteiger partial charge >= 0.3 is 5.97 Å². The molecule has 118 valence electrons. The van der Waals surface area contributed by atoms with Crippen LogP contribution >= 0.6 is 0 Å². The van der Waals surface area contributed by atoms with Gasteiger partial charge in [0.05, 0.1) is 35.3 Å². The zero-order valence-corrected chi connectivity index (χ0v) is 13.0. The van der Waals surface area contributed by atoms with Gasteiger partial charge in [-0.25, -0.2) is 9.48 Å². The molecule has 23 heavy (non-hydrogen) atoms. The van der Waals surface area contributed by atoms with Gasteiger partial charge in [-0.3, -0.25) is 4.79 Å². The topological polar surface area (TPSA) is 61.2 Å². The second-order valence-corrected chi connectivity index (χ2v) is 6.21. The van der Waals surface area contributed by atoms with Gasteiger partial charge in [0, 0.05) is 12.3 Å². The fourth-order valence-corrected chi connectivity index (χ4v) is 3.29. The minimum Gasteiger partial charge on any atom is -0.465 e. The lowest BCUT2D eigenvalue weighted by molar-refractivity contribution is 0.0600. The average molecular weight is 310 g/mol. The van der Waals surface area contributed by atoms with Crippen molar-refractivity contribution in [2.75, 3.05) is 7.11 Å². The van der Waals surface area contributed by atoms with Gasteiger partial charge in [-0.05, 0) is 43.9 Å². The molecule has 0 radical (unpaired) electrons. The molecule has 2 aromatic rings. The monoisotopic (exact) mass is 310 g/mol. The normalized spacial score (nSPS) is 17.0. The molecule has 0 amide bonds. The molecule has 5 heteroatoms. The number of fused-ring (bicyclic) bond motifs is 1. The van der Waals surface area contributed by atoms with Crippen LogP contribution in [-0.4, -0.2) is 28.6 Å². The van der Waals surface area contributed by atoms with E-state index in [-0.39, 0.29) is 11.8 Å². The first-order valence-electron chi connectivity index (χ1n) is 8.03. The van der Waals surface area contributed by atoms with Crippen LogP contribution in [0.2, 0.25) is 0 Å². The Labute approximate surface area is 134 Å². The number of hydrogen-bond acceptors (Lipinski definition) is 4. The summed E-state index contributed by atoms with van der Waals surface area (Å²) in [4.78, 5) is 24.1. The Morgan fingerprint density at radius 1 is 1.30 bits per heavy atom. The van der Waals surface area contributed by atoms with E-state index in [9.17, 15) is 9.59 Å². The first kappa shape index (κ1) is 14.2. The van der Waals surface area contributed by atoms with Crippen LogP contribution in [0.25, 0.3) is 5.69 Å². The van der Waals surface area contributed by atoms with Crippen molar-refractivity contribution in [2.45, 2.75) is 38.0 Å². The van der Waals surface area contributed by atoms with Crippen LogP contribution in [0.5, 0.6) is 0 Å². The highest BCUT2D eigenvalue weighted by molar-refractivity contribution is 5.99. The molecule has 1 aromatic carbocycles. The van der Waals surface area contributed by atoms with Crippen LogP contribution in [0.4, 0.5) is 0 Å². The van der Waals surface area contributed by atoms with Gasteiger partial charge in [0.2, 0.25) is 0 Å². The minimum atomic E-state index is -0.369. The van der Waals surface area contributed by atoms with E-state index in [1.165, 1.54) is 7.11 Å². The molecular formula is C18H18N2O3. The number of rotatable bonds is 3. The largest absolute Gasteiger partial charge is 0.465 e. The third-order valence-corrected chi connectivity index (χ3v) is 4.58. The summed E-state index contributed by atoms with van der Waals surface area (Å²) < 4.78 is 6.64. The van der Waals surface area contributed by atoms with Gasteiger partial charge in [-0.2, -0.15) is 5.10 Å². The molecule has 0 unspecified atom stereocenters. The van der Waals surface area contributed by atoms with E-state index < -0.39 is 0 Å². The summed E-state index contributed by atoms with van der Waals surface area (Å²) in [6.45, 7) is 0. The Bertz CT molecular complexity index is 803. The highest BCUT2D eigenvalue weighted by Gasteiger charge is 2.35. The van der Waals surface area contributed by atoms with E-state index in [0.29, 0.717) is 17.9 Å². The van der Waals surface area contributed by atoms with Crippen LogP contribution in [0.1, 0.15) is 63.7 Å². The van der Waals surface area contributed by atoms with Gasteiger partial charge in [0.25, 0.3) is 0 Å². The number of methoxy groups -OCH3 is 1. The fraction of sp³-hybridized carbons (Fsp3) is 0.389. The lowest BCUT2D eigenvalue weighted by Crippen LogP contribution is -2.13. The van der Waals surface area contributed by atoms with Gasteiger partial charge in [0.15, 0.2) is 5.78 Å². The Morgan fingerprint density at radius 3 is 2.87 bits per heavy atom. The van der Waals surface area contributed by atoms with Crippen molar-refractivity contribution < 1.29 is 14.3 Å². The van der Waals surface area contributed by atoms with Crippen molar-refractivity contribution >= 4 is 11.8 Å². The van der Waals surface area contributed by atoms with E-state index >= 15 is 0 Å². The zero-order valence-electron chi connectivity index (χ0n) is 13.0. The smallest absolute Gasteiger partial charge is 0.337 e. The highest BCUT2D eigenvalue weighted by atomic mass is 16.5. The molecule has 4 rings (SSSR count). The Hall–Kier alpha value is -2.43. The summed E-state index contributed by atoms with van der Waals surface area (Å²) in [7, 11) is 1.37. The third-order valence-electron chi connectivity index (χ3n) is 4.58. The molecule has 0 saturated heterocycles. The lowest BCUT2D eigenvalue weighted by Gasteiger charge is -2.14. The van der Waals surface area contributed by atoms with Gasteiger partial charge in [-0.1, -0.05) is 6.07 Å². The van der Waals surface area contributed by atoms with Crippen molar-refractivity contribution in [1.82, 2.24) is 9.78 Å².